The Hall–Kier alpha value is -2.69. The van der Waals surface area contributed by atoms with E-state index in [1.54, 1.807) is 11.0 Å². The molecule has 3 rings (SSSR count). The molecule has 0 unspecified atom stereocenters. The van der Waals surface area contributed by atoms with E-state index in [0.717, 1.165) is 34.7 Å². The second kappa shape index (κ2) is 5.13. The van der Waals surface area contributed by atoms with Gasteiger partial charge in [0.15, 0.2) is 5.82 Å². The molecule has 5 nitrogen and oxygen atoms in total. The number of benzene rings is 1. The van der Waals surface area contributed by atoms with E-state index in [2.05, 4.69) is 22.0 Å². The number of aryl methyl sites for hydroxylation is 1. The number of hydrogen-bond donors (Lipinski definition) is 1. The molecule has 0 bridgehead atoms. The van der Waals surface area contributed by atoms with E-state index in [0.29, 0.717) is 0 Å². The summed E-state index contributed by atoms with van der Waals surface area (Å²) in [6, 6.07) is 9.68. The maximum atomic E-state index is 5.80. The normalized spacial score (nSPS) is 10.7. The zero-order valence-electron chi connectivity index (χ0n) is 11.2. The van der Waals surface area contributed by atoms with E-state index in [1.807, 2.05) is 42.7 Å². The Morgan fingerprint density at radius 3 is 2.85 bits per heavy atom. The molecule has 2 heterocycles. The minimum absolute atomic E-state index is 0.741. The monoisotopic (exact) mass is 265 g/mol. The average molecular weight is 265 g/mol. The van der Waals surface area contributed by atoms with Crippen LogP contribution in [-0.4, -0.2) is 19.7 Å². The Morgan fingerprint density at radius 2 is 2.05 bits per heavy atom. The molecule has 0 saturated heterocycles. The van der Waals surface area contributed by atoms with E-state index in [9.17, 15) is 0 Å². The Morgan fingerprint density at radius 1 is 1.15 bits per heavy atom. The summed E-state index contributed by atoms with van der Waals surface area (Å²) in [5, 5.41) is 4.35. The van der Waals surface area contributed by atoms with Crippen molar-refractivity contribution >= 4 is 5.69 Å². The highest BCUT2D eigenvalue weighted by atomic mass is 15.3. The summed E-state index contributed by atoms with van der Waals surface area (Å²) >= 11 is 0. The summed E-state index contributed by atoms with van der Waals surface area (Å²) in [6.45, 7) is 2.06. The molecule has 0 amide bonds. The first-order valence-electron chi connectivity index (χ1n) is 6.48. The lowest BCUT2D eigenvalue weighted by Gasteiger charge is -2.01. The lowest BCUT2D eigenvalue weighted by Crippen LogP contribution is -2.00. The van der Waals surface area contributed by atoms with Gasteiger partial charge in [0.2, 0.25) is 0 Å². The largest absolute Gasteiger partial charge is 0.399 e. The SMILES string of the molecule is CCc1cc(-n2cc(-c3cccc(N)c3)cn2)ncn1. The third-order valence-electron chi connectivity index (χ3n) is 3.11. The molecule has 0 radical (unpaired) electrons. The predicted molar refractivity (Wildman–Crippen MR) is 78.4 cm³/mol. The van der Waals surface area contributed by atoms with Gasteiger partial charge in [-0.3, -0.25) is 0 Å². The van der Waals surface area contributed by atoms with Crippen LogP contribution in [0.2, 0.25) is 0 Å². The van der Waals surface area contributed by atoms with Gasteiger partial charge in [0.05, 0.1) is 6.20 Å². The van der Waals surface area contributed by atoms with Gasteiger partial charge in [-0.2, -0.15) is 5.10 Å². The fourth-order valence-electron chi connectivity index (χ4n) is 2.02. The smallest absolute Gasteiger partial charge is 0.156 e. The van der Waals surface area contributed by atoms with Crippen molar-refractivity contribution in [2.24, 2.45) is 0 Å². The first kappa shape index (κ1) is 12.3. The molecule has 0 atom stereocenters. The second-order valence-electron chi connectivity index (χ2n) is 4.52. The molecular weight excluding hydrogens is 250 g/mol. The molecule has 2 N–H and O–H groups in total. The molecular formula is C15H15N5. The molecule has 5 heteroatoms. The summed E-state index contributed by atoms with van der Waals surface area (Å²) in [7, 11) is 0. The van der Waals surface area contributed by atoms with Crippen molar-refractivity contribution in [2.75, 3.05) is 5.73 Å². The standard InChI is InChI=1S/C15H15N5/c1-2-14-7-15(18-10-17-14)20-9-12(8-19-20)11-4-3-5-13(16)6-11/h3-10H,2,16H2,1H3. The molecule has 0 aliphatic rings. The second-order valence-corrected chi connectivity index (χ2v) is 4.52. The molecule has 100 valence electrons. The highest BCUT2D eigenvalue weighted by Crippen LogP contribution is 2.21. The maximum absolute atomic E-state index is 5.80. The van der Waals surface area contributed by atoms with Gasteiger partial charge in [-0.05, 0) is 24.1 Å². The van der Waals surface area contributed by atoms with Crippen LogP contribution in [0.25, 0.3) is 16.9 Å². The number of aromatic nitrogens is 4. The lowest BCUT2D eigenvalue weighted by molar-refractivity contribution is 0.828. The topological polar surface area (TPSA) is 69.6 Å². The van der Waals surface area contributed by atoms with Gasteiger partial charge < -0.3 is 5.73 Å². The summed E-state index contributed by atoms with van der Waals surface area (Å²) in [5.41, 5.74) is 9.59. The Bertz CT molecular complexity index is 732. The highest BCUT2D eigenvalue weighted by Gasteiger charge is 2.05. The van der Waals surface area contributed by atoms with Gasteiger partial charge in [-0.1, -0.05) is 19.1 Å². The Balaban J connectivity index is 1.97. The van der Waals surface area contributed by atoms with Crippen molar-refractivity contribution in [2.45, 2.75) is 13.3 Å². The first-order chi connectivity index (χ1) is 9.76. The minimum atomic E-state index is 0.741. The zero-order valence-corrected chi connectivity index (χ0v) is 11.2. The van der Waals surface area contributed by atoms with Crippen LogP contribution < -0.4 is 5.73 Å². The average Bonchev–Trinajstić information content (AvgIpc) is 2.97. The molecule has 0 fully saturated rings. The molecule has 2 aromatic heterocycles. The van der Waals surface area contributed by atoms with E-state index in [1.165, 1.54) is 0 Å². The van der Waals surface area contributed by atoms with Crippen molar-refractivity contribution in [3.63, 3.8) is 0 Å². The summed E-state index contributed by atoms with van der Waals surface area (Å²) < 4.78 is 1.75. The predicted octanol–water partition coefficient (Wildman–Crippen LogP) is 2.47. The Labute approximate surface area is 117 Å². The maximum Gasteiger partial charge on any atom is 0.156 e. The van der Waals surface area contributed by atoms with Crippen LogP contribution in [0, 0.1) is 0 Å². The Kier molecular flexibility index (Phi) is 3.16. The van der Waals surface area contributed by atoms with Gasteiger partial charge in [0.1, 0.15) is 6.33 Å². The lowest BCUT2D eigenvalue weighted by atomic mass is 10.1. The van der Waals surface area contributed by atoms with Crippen LogP contribution in [0.3, 0.4) is 0 Å². The van der Waals surface area contributed by atoms with Crippen molar-refractivity contribution in [3.8, 4) is 16.9 Å². The number of nitrogens with two attached hydrogens (primary N) is 1. The molecule has 1 aromatic carbocycles. The highest BCUT2D eigenvalue weighted by molar-refractivity contribution is 5.66. The van der Waals surface area contributed by atoms with Crippen molar-refractivity contribution in [1.29, 1.82) is 0 Å². The van der Waals surface area contributed by atoms with Crippen LogP contribution in [0.1, 0.15) is 12.6 Å². The van der Waals surface area contributed by atoms with Crippen LogP contribution in [0.15, 0.2) is 49.1 Å². The minimum Gasteiger partial charge on any atom is -0.399 e. The fraction of sp³-hybridized carbons (Fsp3) is 0.133. The first-order valence-corrected chi connectivity index (χ1v) is 6.48. The van der Waals surface area contributed by atoms with Crippen LogP contribution in [0.5, 0.6) is 0 Å². The molecule has 0 aliphatic carbocycles. The zero-order chi connectivity index (χ0) is 13.9. The van der Waals surface area contributed by atoms with Gasteiger partial charge in [0.25, 0.3) is 0 Å². The molecule has 20 heavy (non-hydrogen) atoms. The van der Waals surface area contributed by atoms with E-state index < -0.39 is 0 Å². The summed E-state index contributed by atoms with van der Waals surface area (Å²) in [4.78, 5) is 8.44. The van der Waals surface area contributed by atoms with Gasteiger partial charge in [-0.15, -0.1) is 0 Å². The van der Waals surface area contributed by atoms with Crippen LogP contribution in [-0.2, 0) is 6.42 Å². The van der Waals surface area contributed by atoms with E-state index in [-0.39, 0.29) is 0 Å². The number of anilines is 1. The van der Waals surface area contributed by atoms with Gasteiger partial charge in [-0.25, -0.2) is 14.6 Å². The van der Waals surface area contributed by atoms with Crippen LogP contribution >= 0.6 is 0 Å². The van der Waals surface area contributed by atoms with Crippen molar-refractivity contribution in [3.05, 3.63) is 54.7 Å². The summed E-state index contributed by atoms with van der Waals surface area (Å²) in [5.74, 6) is 0.770. The van der Waals surface area contributed by atoms with Gasteiger partial charge >= 0.3 is 0 Å². The van der Waals surface area contributed by atoms with Crippen molar-refractivity contribution in [1.82, 2.24) is 19.7 Å². The van der Waals surface area contributed by atoms with Gasteiger partial charge in [0, 0.05) is 29.2 Å². The summed E-state index contributed by atoms with van der Waals surface area (Å²) in [6.07, 6.45) is 6.19. The number of nitrogen functional groups attached to an aromatic ring is 1. The molecule has 0 spiro atoms. The fourth-order valence-corrected chi connectivity index (χ4v) is 2.02. The van der Waals surface area contributed by atoms with E-state index >= 15 is 0 Å². The molecule has 3 aromatic rings. The van der Waals surface area contributed by atoms with E-state index in [4.69, 9.17) is 5.73 Å². The third-order valence-corrected chi connectivity index (χ3v) is 3.11. The van der Waals surface area contributed by atoms with Crippen molar-refractivity contribution < 1.29 is 0 Å². The van der Waals surface area contributed by atoms with Crippen LogP contribution in [0.4, 0.5) is 5.69 Å². The quantitative estimate of drug-likeness (QED) is 0.739. The number of rotatable bonds is 3. The molecule has 0 aliphatic heterocycles. The molecule has 0 saturated carbocycles. The number of nitrogens with zero attached hydrogens (tertiary/aromatic N) is 4. The third kappa shape index (κ3) is 2.38. The number of hydrogen-bond acceptors (Lipinski definition) is 4.